The number of methoxy groups -OCH3 is 2. The highest BCUT2D eigenvalue weighted by Crippen LogP contribution is 2.36. The van der Waals surface area contributed by atoms with Gasteiger partial charge in [0.05, 0.1) is 20.3 Å². The fourth-order valence-electron chi connectivity index (χ4n) is 2.95. The maximum Gasteiger partial charge on any atom is 0.123 e. The molecule has 1 N–H and O–H groups in total. The first-order valence-corrected chi connectivity index (χ1v) is 6.87. The van der Waals surface area contributed by atoms with Gasteiger partial charge < -0.3 is 14.8 Å². The lowest BCUT2D eigenvalue weighted by Crippen LogP contribution is -2.31. The molecule has 0 aliphatic carbocycles. The van der Waals surface area contributed by atoms with Crippen molar-refractivity contribution < 1.29 is 9.47 Å². The van der Waals surface area contributed by atoms with Crippen LogP contribution in [0, 0.1) is 0 Å². The van der Waals surface area contributed by atoms with E-state index < -0.39 is 0 Å². The standard InChI is InChI=1S/C17H19NO2/c1-19-15-9-5-7-13-12(15)10-11-18-17(13)14-6-3-4-8-16(14)20-2/h3-9,17-18H,10-11H2,1-2H3. The van der Waals surface area contributed by atoms with E-state index in [9.17, 15) is 0 Å². The van der Waals surface area contributed by atoms with Crippen molar-refractivity contribution >= 4 is 0 Å². The molecule has 3 rings (SSSR count). The molecule has 1 heterocycles. The van der Waals surface area contributed by atoms with Crippen LogP contribution in [0.15, 0.2) is 42.5 Å². The average molecular weight is 269 g/mol. The second-order valence-corrected chi connectivity index (χ2v) is 4.91. The van der Waals surface area contributed by atoms with E-state index in [2.05, 4.69) is 17.4 Å². The minimum atomic E-state index is 0.157. The summed E-state index contributed by atoms with van der Waals surface area (Å²) in [5, 5.41) is 3.58. The highest BCUT2D eigenvalue weighted by Gasteiger charge is 2.25. The largest absolute Gasteiger partial charge is 0.496 e. The molecule has 2 aromatic rings. The van der Waals surface area contributed by atoms with Crippen LogP contribution in [0.3, 0.4) is 0 Å². The molecule has 0 amide bonds. The summed E-state index contributed by atoms with van der Waals surface area (Å²) in [7, 11) is 3.45. The lowest BCUT2D eigenvalue weighted by atomic mass is 9.89. The first-order valence-electron chi connectivity index (χ1n) is 6.87. The van der Waals surface area contributed by atoms with E-state index in [0.717, 1.165) is 24.5 Å². The maximum atomic E-state index is 5.50. The summed E-state index contributed by atoms with van der Waals surface area (Å²) < 4.78 is 11.0. The second-order valence-electron chi connectivity index (χ2n) is 4.91. The average Bonchev–Trinajstić information content (AvgIpc) is 2.53. The van der Waals surface area contributed by atoms with E-state index in [-0.39, 0.29) is 6.04 Å². The van der Waals surface area contributed by atoms with Gasteiger partial charge in [-0.1, -0.05) is 30.3 Å². The van der Waals surface area contributed by atoms with Crippen molar-refractivity contribution in [3.05, 3.63) is 59.2 Å². The normalized spacial score (nSPS) is 17.4. The molecule has 2 aromatic carbocycles. The third-order valence-electron chi connectivity index (χ3n) is 3.87. The SMILES string of the molecule is COc1ccccc1C1NCCc2c(OC)cccc21. The maximum absolute atomic E-state index is 5.50. The fourth-order valence-corrected chi connectivity index (χ4v) is 2.95. The summed E-state index contributed by atoms with van der Waals surface area (Å²) in [5.74, 6) is 1.89. The molecule has 1 aliphatic heterocycles. The number of ether oxygens (including phenoxy) is 2. The van der Waals surface area contributed by atoms with Crippen molar-refractivity contribution in [2.75, 3.05) is 20.8 Å². The van der Waals surface area contributed by atoms with Gasteiger partial charge in [0, 0.05) is 17.7 Å². The molecule has 104 valence electrons. The van der Waals surface area contributed by atoms with E-state index in [0.29, 0.717) is 0 Å². The van der Waals surface area contributed by atoms with Gasteiger partial charge in [0.2, 0.25) is 0 Å². The Labute approximate surface area is 119 Å². The lowest BCUT2D eigenvalue weighted by Gasteiger charge is -2.29. The number of para-hydroxylation sites is 1. The molecule has 0 aromatic heterocycles. The monoisotopic (exact) mass is 269 g/mol. The van der Waals surface area contributed by atoms with Gasteiger partial charge in [-0.05, 0) is 24.1 Å². The molecule has 1 unspecified atom stereocenters. The van der Waals surface area contributed by atoms with Crippen molar-refractivity contribution in [3.8, 4) is 11.5 Å². The summed E-state index contributed by atoms with van der Waals surface area (Å²) >= 11 is 0. The molecule has 0 spiro atoms. The van der Waals surface area contributed by atoms with E-state index in [1.54, 1.807) is 14.2 Å². The molecule has 0 radical (unpaired) electrons. The van der Waals surface area contributed by atoms with Crippen LogP contribution in [0.2, 0.25) is 0 Å². The Balaban J connectivity index is 2.10. The Morgan fingerprint density at radius 1 is 0.900 bits per heavy atom. The quantitative estimate of drug-likeness (QED) is 0.929. The van der Waals surface area contributed by atoms with Crippen LogP contribution in [-0.2, 0) is 6.42 Å². The number of hydrogen-bond donors (Lipinski definition) is 1. The predicted molar refractivity (Wildman–Crippen MR) is 79.5 cm³/mol. The number of benzene rings is 2. The van der Waals surface area contributed by atoms with E-state index in [1.807, 2.05) is 30.3 Å². The van der Waals surface area contributed by atoms with Gasteiger partial charge in [-0.15, -0.1) is 0 Å². The van der Waals surface area contributed by atoms with Crippen molar-refractivity contribution in [2.24, 2.45) is 0 Å². The van der Waals surface area contributed by atoms with E-state index in [1.165, 1.54) is 16.7 Å². The number of rotatable bonds is 3. The Morgan fingerprint density at radius 3 is 2.40 bits per heavy atom. The van der Waals surface area contributed by atoms with Gasteiger partial charge in [0.25, 0.3) is 0 Å². The molecule has 0 saturated heterocycles. The zero-order chi connectivity index (χ0) is 13.9. The third-order valence-corrected chi connectivity index (χ3v) is 3.87. The minimum Gasteiger partial charge on any atom is -0.496 e. The van der Waals surface area contributed by atoms with Gasteiger partial charge in [-0.25, -0.2) is 0 Å². The molecule has 0 bridgehead atoms. The first-order chi connectivity index (χ1) is 9.85. The van der Waals surface area contributed by atoms with Gasteiger partial charge in [-0.2, -0.15) is 0 Å². The van der Waals surface area contributed by atoms with Crippen molar-refractivity contribution in [1.82, 2.24) is 5.32 Å². The van der Waals surface area contributed by atoms with Crippen LogP contribution in [0.25, 0.3) is 0 Å². The summed E-state index contributed by atoms with van der Waals surface area (Å²) in [6.07, 6.45) is 0.991. The topological polar surface area (TPSA) is 30.5 Å². The molecule has 1 aliphatic rings. The van der Waals surface area contributed by atoms with Crippen molar-refractivity contribution in [3.63, 3.8) is 0 Å². The predicted octanol–water partition coefficient (Wildman–Crippen LogP) is 2.94. The Bertz CT molecular complexity index is 610. The van der Waals surface area contributed by atoms with Crippen LogP contribution in [0.1, 0.15) is 22.7 Å². The molecular weight excluding hydrogens is 250 g/mol. The summed E-state index contributed by atoms with van der Waals surface area (Å²) in [6.45, 7) is 0.941. The van der Waals surface area contributed by atoms with Gasteiger partial charge in [0.15, 0.2) is 0 Å². The molecule has 3 heteroatoms. The summed E-state index contributed by atoms with van der Waals surface area (Å²) in [6, 6.07) is 14.6. The highest BCUT2D eigenvalue weighted by atomic mass is 16.5. The van der Waals surface area contributed by atoms with Crippen LogP contribution in [0.5, 0.6) is 11.5 Å². The van der Waals surface area contributed by atoms with Crippen LogP contribution in [0.4, 0.5) is 0 Å². The van der Waals surface area contributed by atoms with E-state index in [4.69, 9.17) is 9.47 Å². The van der Waals surface area contributed by atoms with Gasteiger partial charge >= 0.3 is 0 Å². The molecule has 0 fully saturated rings. The number of hydrogen-bond acceptors (Lipinski definition) is 3. The van der Waals surface area contributed by atoms with Gasteiger partial charge in [0.1, 0.15) is 11.5 Å². The molecular formula is C17H19NO2. The van der Waals surface area contributed by atoms with Crippen molar-refractivity contribution in [2.45, 2.75) is 12.5 Å². The number of nitrogens with one attached hydrogen (secondary N) is 1. The smallest absolute Gasteiger partial charge is 0.123 e. The van der Waals surface area contributed by atoms with Crippen LogP contribution < -0.4 is 14.8 Å². The zero-order valence-electron chi connectivity index (χ0n) is 11.8. The van der Waals surface area contributed by atoms with Crippen molar-refractivity contribution in [1.29, 1.82) is 0 Å². The molecule has 20 heavy (non-hydrogen) atoms. The van der Waals surface area contributed by atoms with Crippen LogP contribution >= 0.6 is 0 Å². The fraction of sp³-hybridized carbons (Fsp3) is 0.294. The Morgan fingerprint density at radius 2 is 1.60 bits per heavy atom. The Hall–Kier alpha value is -2.00. The number of fused-ring (bicyclic) bond motifs is 1. The second kappa shape index (κ2) is 5.55. The first kappa shape index (κ1) is 13.0. The lowest BCUT2D eigenvalue weighted by molar-refractivity contribution is 0.395. The molecule has 1 atom stereocenters. The summed E-state index contributed by atoms with van der Waals surface area (Å²) in [4.78, 5) is 0. The van der Waals surface area contributed by atoms with Gasteiger partial charge in [-0.3, -0.25) is 0 Å². The minimum absolute atomic E-state index is 0.157. The third kappa shape index (κ3) is 2.14. The summed E-state index contributed by atoms with van der Waals surface area (Å²) in [5.41, 5.74) is 3.74. The Kier molecular flexibility index (Phi) is 3.61. The van der Waals surface area contributed by atoms with Crippen LogP contribution in [-0.4, -0.2) is 20.8 Å². The van der Waals surface area contributed by atoms with E-state index >= 15 is 0 Å². The highest BCUT2D eigenvalue weighted by molar-refractivity contribution is 5.50. The molecule has 3 nitrogen and oxygen atoms in total. The zero-order valence-corrected chi connectivity index (χ0v) is 11.8. The molecule has 0 saturated carbocycles.